The van der Waals surface area contributed by atoms with Gasteiger partial charge in [-0.05, 0) is 62.5 Å². The van der Waals surface area contributed by atoms with Crippen LogP contribution in [0.1, 0.15) is 53.4 Å². The zero-order valence-electron chi connectivity index (χ0n) is 16.4. The number of rotatable bonds is 1. The maximum absolute atomic E-state index is 15.9. The molecular weight excluding hydrogens is 367 g/mol. The van der Waals surface area contributed by atoms with Crippen molar-refractivity contribution in [3.05, 3.63) is 23.8 Å². The fraction of sp³-hybridized carbons (Fsp3) is 0.727. The Morgan fingerprint density at radius 3 is 2.63 bits per heavy atom. The minimum absolute atomic E-state index is 0.0321. The van der Waals surface area contributed by atoms with Crippen molar-refractivity contribution in [3.63, 3.8) is 0 Å². The highest BCUT2D eigenvalue weighted by atomic mass is 35.5. The number of alkyl halides is 2. The van der Waals surface area contributed by atoms with Crippen LogP contribution >= 0.6 is 11.6 Å². The third-order valence-corrected chi connectivity index (χ3v) is 9.63. The lowest BCUT2D eigenvalue weighted by Gasteiger charge is -2.63. The molecule has 3 nitrogen and oxygen atoms in total. The SMILES string of the molecule is CC(=O)[C@@]1(O)C(C)C[C@H]2[C@@H]3CCC4=CC(=O)C=C[C@]4(C)[C@@]3(Cl)C(F)C[C@@]21C. The molecule has 148 valence electrons. The van der Waals surface area contributed by atoms with Crippen molar-refractivity contribution in [2.45, 2.75) is 70.0 Å². The molecule has 4 aliphatic carbocycles. The smallest absolute Gasteiger partial charge is 0.178 e. The summed E-state index contributed by atoms with van der Waals surface area (Å²) in [5, 5.41) is 11.4. The van der Waals surface area contributed by atoms with E-state index in [-0.39, 0.29) is 35.7 Å². The molecule has 1 N–H and O–H groups in total. The first-order chi connectivity index (χ1) is 12.4. The van der Waals surface area contributed by atoms with E-state index in [1.807, 2.05) is 20.8 Å². The van der Waals surface area contributed by atoms with Gasteiger partial charge in [-0.2, -0.15) is 0 Å². The minimum atomic E-state index is -1.52. The molecular formula is C22H28ClFO3. The number of ketones is 2. The number of carbonyl (C=O) groups is 2. The largest absolute Gasteiger partial charge is 0.381 e. The fourth-order valence-electron chi connectivity index (χ4n) is 7.23. The monoisotopic (exact) mass is 394 g/mol. The third kappa shape index (κ3) is 2.02. The fourth-order valence-corrected chi connectivity index (χ4v) is 7.75. The van der Waals surface area contributed by atoms with Crippen LogP contribution in [0.3, 0.4) is 0 Å². The molecule has 0 aromatic rings. The number of fused-ring (bicyclic) bond motifs is 5. The summed E-state index contributed by atoms with van der Waals surface area (Å²) in [4.78, 5) is 23.2. The molecule has 8 atom stereocenters. The molecule has 0 radical (unpaired) electrons. The second-order valence-electron chi connectivity index (χ2n) is 9.68. The second-order valence-corrected chi connectivity index (χ2v) is 10.3. The lowest BCUT2D eigenvalue weighted by atomic mass is 9.46. The van der Waals surface area contributed by atoms with Gasteiger partial charge < -0.3 is 5.11 Å². The van der Waals surface area contributed by atoms with Crippen molar-refractivity contribution < 1.29 is 19.1 Å². The van der Waals surface area contributed by atoms with Gasteiger partial charge in [-0.3, -0.25) is 9.59 Å². The maximum Gasteiger partial charge on any atom is 0.178 e. The number of halogens is 2. The molecule has 0 saturated heterocycles. The van der Waals surface area contributed by atoms with Crippen molar-refractivity contribution in [2.24, 2.45) is 28.6 Å². The van der Waals surface area contributed by atoms with Gasteiger partial charge in [0.1, 0.15) is 11.8 Å². The van der Waals surface area contributed by atoms with Crippen LogP contribution in [0.2, 0.25) is 0 Å². The Morgan fingerprint density at radius 1 is 1.33 bits per heavy atom. The van der Waals surface area contributed by atoms with Gasteiger partial charge in [0.15, 0.2) is 11.6 Å². The zero-order valence-corrected chi connectivity index (χ0v) is 17.1. The minimum Gasteiger partial charge on any atom is -0.381 e. The molecule has 0 aromatic carbocycles. The Hall–Kier alpha value is -1.000. The molecule has 0 aromatic heterocycles. The highest BCUT2D eigenvalue weighted by molar-refractivity contribution is 6.26. The number of Topliss-reactive ketones (excluding diaryl/α,β-unsaturated/α-hetero) is 1. The summed E-state index contributed by atoms with van der Waals surface area (Å²) in [6, 6.07) is 0. The molecule has 5 heteroatoms. The van der Waals surface area contributed by atoms with Gasteiger partial charge in [0.25, 0.3) is 0 Å². The lowest BCUT2D eigenvalue weighted by molar-refractivity contribution is -0.169. The van der Waals surface area contributed by atoms with Gasteiger partial charge in [-0.15, -0.1) is 11.6 Å². The van der Waals surface area contributed by atoms with E-state index in [1.54, 1.807) is 12.2 Å². The summed E-state index contributed by atoms with van der Waals surface area (Å²) >= 11 is 7.19. The second kappa shape index (κ2) is 5.54. The van der Waals surface area contributed by atoms with Crippen LogP contribution in [0.25, 0.3) is 0 Å². The van der Waals surface area contributed by atoms with E-state index < -0.39 is 27.5 Å². The summed E-state index contributed by atoms with van der Waals surface area (Å²) in [5.41, 5.74) is -2.17. The van der Waals surface area contributed by atoms with E-state index in [2.05, 4.69) is 0 Å². The van der Waals surface area contributed by atoms with E-state index in [1.165, 1.54) is 13.0 Å². The van der Waals surface area contributed by atoms with Gasteiger partial charge in [0.05, 0.1) is 4.87 Å². The first kappa shape index (κ1) is 19.3. The van der Waals surface area contributed by atoms with Gasteiger partial charge in [-0.1, -0.05) is 32.4 Å². The molecule has 3 fully saturated rings. The highest BCUT2D eigenvalue weighted by Crippen LogP contribution is 2.71. The van der Waals surface area contributed by atoms with Gasteiger partial charge in [0.2, 0.25) is 0 Å². The summed E-state index contributed by atoms with van der Waals surface area (Å²) in [5.74, 6) is -0.777. The van der Waals surface area contributed by atoms with Gasteiger partial charge >= 0.3 is 0 Å². The summed E-state index contributed by atoms with van der Waals surface area (Å²) in [7, 11) is 0. The number of hydrogen-bond acceptors (Lipinski definition) is 3. The molecule has 0 aliphatic heterocycles. The molecule has 4 aliphatic rings. The third-order valence-electron chi connectivity index (χ3n) is 8.72. The van der Waals surface area contributed by atoms with E-state index in [9.17, 15) is 14.7 Å². The van der Waals surface area contributed by atoms with Crippen LogP contribution in [-0.2, 0) is 9.59 Å². The molecule has 0 bridgehead atoms. The Labute approximate surface area is 165 Å². The quantitative estimate of drug-likeness (QED) is 0.679. The Kier molecular flexibility index (Phi) is 3.96. The summed E-state index contributed by atoms with van der Waals surface area (Å²) in [6.07, 6.45) is 5.61. The van der Waals surface area contributed by atoms with Crippen molar-refractivity contribution in [1.29, 1.82) is 0 Å². The van der Waals surface area contributed by atoms with Gasteiger partial charge in [0, 0.05) is 10.8 Å². The molecule has 0 spiro atoms. The predicted octanol–water partition coefficient (Wildman–Crippen LogP) is 4.17. The molecule has 2 unspecified atom stereocenters. The van der Waals surface area contributed by atoms with Crippen molar-refractivity contribution >= 4 is 23.2 Å². The molecule has 27 heavy (non-hydrogen) atoms. The Morgan fingerprint density at radius 2 is 2.00 bits per heavy atom. The first-order valence-electron chi connectivity index (χ1n) is 9.93. The van der Waals surface area contributed by atoms with Crippen LogP contribution in [-0.4, -0.2) is 33.3 Å². The number of hydrogen-bond donors (Lipinski definition) is 1. The highest BCUT2D eigenvalue weighted by Gasteiger charge is 2.74. The van der Waals surface area contributed by atoms with Gasteiger partial charge in [-0.25, -0.2) is 4.39 Å². The van der Waals surface area contributed by atoms with Crippen LogP contribution in [0, 0.1) is 28.6 Å². The standard InChI is InChI=1S/C22H28ClFO3/c1-12-9-17-16-6-5-14-10-15(26)7-8-19(14,3)21(16,23)18(24)11-20(17,4)22(12,27)13(2)25/h7-8,10,12,16-18,27H,5-6,9,11H2,1-4H3/t12?,16-,17-,18?,19-,20-,21-,22-/m0/s1. The average Bonchev–Trinajstić information content (AvgIpc) is 2.79. The van der Waals surface area contributed by atoms with Crippen LogP contribution < -0.4 is 0 Å². The topological polar surface area (TPSA) is 54.4 Å². The van der Waals surface area contributed by atoms with Crippen LogP contribution in [0.5, 0.6) is 0 Å². The van der Waals surface area contributed by atoms with Crippen molar-refractivity contribution in [2.75, 3.05) is 0 Å². The van der Waals surface area contributed by atoms with E-state index in [0.29, 0.717) is 19.3 Å². The average molecular weight is 395 g/mol. The Balaban J connectivity index is 1.85. The van der Waals surface area contributed by atoms with E-state index in [0.717, 1.165) is 5.57 Å². The zero-order chi connectivity index (χ0) is 20.0. The molecule has 4 rings (SSSR count). The van der Waals surface area contributed by atoms with Crippen LogP contribution in [0.15, 0.2) is 23.8 Å². The molecule has 3 saturated carbocycles. The molecule has 0 heterocycles. The number of allylic oxidation sites excluding steroid dienone is 4. The number of carbonyl (C=O) groups excluding carboxylic acids is 2. The maximum atomic E-state index is 15.9. The Bertz CT molecular complexity index is 790. The number of aliphatic hydroxyl groups is 1. The van der Waals surface area contributed by atoms with Crippen molar-refractivity contribution in [1.82, 2.24) is 0 Å². The van der Waals surface area contributed by atoms with E-state index in [4.69, 9.17) is 11.6 Å². The molecule has 0 amide bonds. The van der Waals surface area contributed by atoms with Crippen LogP contribution in [0.4, 0.5) is 4.39 Å². The summed E-state index contributed by atoms with van der Waals surface area (Å²) < 4.78 is 15.9. The lowest BCUT2D eigenvalue weighted by Crippen LogP contribution is -2.67. The predicted molar refractivity (Wildman–Crippen MR) is 102 cm³/mol. The van der Waals surface area contributed by atoms with Crippen molar-refractivity contribution in [3.8, 4) is 0 Å². The first-order valence-corrected chi connectivity index (χ1v) is 10.3. The summed E-state index contributed by atoms with van der Waals surface area (Å²) in [6.45, 7) is 7.12. The normalized spacial score (nSPS) is 54.0. The van der Waals surface area contributed by atoms with E-state index >= 15 is 4.39 Å².